The molecule has 2 aromatic carbocycles. The van der Waals surface area contributed by atoms with E-state index in [4.69, 9.17) is 18.9 Å². The van der Waals surface area contributed by atoms with Crippen LogP contribution in [0.5, 0.6) is 0 Å². The number of hydrogen-bond donors (Lipinski definition) is 0. The molecule has 0 amide bonds. The van der Waals surface area contributed by atoms with E-state index in [0.717, 1.165) is 11.1 Å². The monoisotopic (exact) mass is 385 g/mol. The molecule has 2 aromatic rings. The van der Waals surface area contributed by atoms with Crippen LogP contribution in [-0.2, 0) is 41.8 Å². The number of ether oxygens (including phenoxy) is 4. The molecule has 0 fully saturated rings. The Balaban J connectivity index is 1.99. The number of esters is 2. The van der Waals surface area contributed by atoms with Crippen molar-refractivity contribution in [3.8, 4) is 0 Å². The Kier molecular flexibility index (Phi) is 9.18. The third-order valence-electron chi connectivity index (χ3n) is 4.12. The molecule has 0 bridgehead atoms. The Labute approximate surface area is 165 Å². The topological polar surface area (TPSA) is 71.1 Å². The van der Waals surface area contributed by atoms with Crippen molar-refractivity contribution < 1.29 is 28.5 Å². The van der Waals surface area contributed by atoms with Gasteiger partial charge in [0.1, 0.15) is 5.92 Å². The van der Waals surface area contributed by atoms with Crippen LogP contribution in [0.3, 0.4) is 0 Å². The maximum Gasteiger partial charge on any atom is 0.316 e. The van der Waals surface area contributed by atoms with Gasteiger partial charge in [-0.1, -0.05) is 60.7 Å². The van der Waals surface area contributed by atoms with Gasteiger partial charge in [-0.25, -0.2) is 0 Å². The van der Waals surface area contributed by atoms with Gasteiger partial charge >= 0.3 is 11.9 Å². The van der Waals surface area contributed by atoms with E-state index in [-0.39, 0.29) is 19.1 Å². The van der Waals surface area contributed by atoms with E-state index in [0.29, 0.717) is 13.2 Å². The minimum Gasteiger partial charge on any atom is -0.469 e. The summed E-state index contributed by atoms with van der Waals surface area (Å²) < 4.78 is 21.0. The maximum absolute atomic E-state index is 12.3. The van der Waals surface area contributed by atoms with Gasteiger partial charge in [-0.15, -0.1) is 0 Å². The highest BCUT2D eigenvalue weighted by Gasteiger charge is 2.37. The first-order chi connectivity index (χ1) is 13.7. The van der Waals surface area contributed by atoms with Crippen molar-refractivity contribution in [1.29, 1.82) is 0 Å². The second-order valence-electron chi connectivity index (χ2n) is 6.07. The molecule has 0 aliphatic rings. The minimum absolute atomic E-state index is 0.0132. The van der Waals surface area contributed by atoms with Crippen LogP contribution in [-0.4, -0.2) is 39.4 Å². The molecule has 0 heterocycles. The molecule has 1 radical (unpaired) electrons. The lowest BCUT2D eigenvalue weighted by atomic mass is 9.93. The van der Waals surface area contributed by atoms with E-state index in [9.17, 15) is 9.59 Å². The molecule has 0 saturated heterocycles. The fourth-order valence-electron chi connectivity index (χ4n) is 2.61. The summed E-state index contributed by atoms with van der Waals surface area (Å²) in [5, 5.41) is 0. The molecule has 0 unspecified atom stereocenters. The first kappa shape index (κ1) is 21.6. The van der Waals surface area contributed by atoms with Gasteiger partial charge in [0.25, 0.3) is 0 Å². The summed E-state index contributed by atoms with van der Waals surface area (Å²) >= 11 is 0. The molecule has 0 aromatic heterocycles. The molecule has 0 saturated carbocycles. The van der Waals surface area contributed by atoms with Crippen molar-refractivity contribution in [2.45, 2.75) is 13.2 Å². The molecular weight excluding hydrogens is 360 g/mol. The molecular formula is C22H25O6. The van der Waals surface area contributed by atoms with Crippen molar-refractivity contribution in [2.24, 2.45) is 5.92 Å². The quantitative estimate of drug-likeness (QED) is 0.554. The van der Waals surface area contributed by atoms with Crippen LogP contribution in [0.1, 0.15) is 11.1 Å². The highest BCUT2D eigenvalue weighted by molar-refractivity contribution is 5.92. The summed E-state index contributed by atoms with van der Waals surface area (Å²) in [6.07, 6.45) is 0. The molecule has 6 nitrogen and oxygen atoms in total. The fourth-order valence-corrected chi connectivity index (χ4v) is 2.61. The van der Waals surface area contributed by atoms with Crippen LogP contribution in [0.25, 0.3) is 0 Å². The van der Waals surface area contributed by atoms with Crippen molar-refractivity contribution in [3.05, 3.63) is 77.7 Å². The van der Waals surface area contributed by atoms with Crippen LogP contribution < -0.4 is 0 Å². The van der Waals surface area contributed by atoms with Gasteiger partial charge in [-0.3, -0.25) is 9.59 Å². The Hall–Kier alpha value is -2.70. The predicted octanol–water partition coefficient (Wildman–Crippen LogP) is 2.96. The summed E-state index contributed by atoms with van der Waals surface area (Å²) in [6, 6.07) is 19.1. The Morgan fingerprint density at radius 2 is 1.32 bits per heavy atom. The minimum atomic E-state index is -0.906. The third kappa shape index (κ3) is 6.79. The summed E-state index contributed by atoms with van der Waals surface area (Å²) in [5.41, 5.74) is 1.92. The number of hydrogen-bond acceptors (Lipinski definition) is 6. The lowest BCUT2D eigenvalue weighted by molar-refractivity contribution is -0.153. The number of rotatable bonds is 11. The van der Waals surface area contributed by atoms with Gasteiger partial charge in [0.15, 0.2) is 0 Å². The zero-order valence-electron chi connectivity index (χ0n) is 16.1. The summed E-state index contributed by atoms with van der Waals surface area (Å²) in [7, 11) is 2.53. The van der Waals surface area contributed by atoms with E-state index < -0.39 is 17.9 Å². The van der Waals surface area contributed by atoms with E-state index in [2.05, 4.69) is 0 Å². The molecule has 0 aliphatic carbocycles. The van der Waals surface area contributed by atoms with Crippen LogP contribution in [0.4, 0.5) is 0 Å². The van der Waals surface area contributed by atoms with Crippen LogP contribution in [0.15, 0.2) is 60.7 Å². The zero-order chi connectivity index (χ0) is 20.2. The number of carbonyl (C=O) groups is 2. The highest BCUT2D eigenvalue weighted by atomic mass is 16.5. The lowest BCUT2D eigenvalue weighted by Gasteiger charge is -2.22. The smallest absolute Gasteiger partial charge is 0.316 e. The molecule has 0 N–H and O–H groups in total. The van der Waals surface area contributed by atoms with E-state index in [1.165, 1.54) is 14.2 Å². The predicted molar refractivity (Wildman–Crippen MR) is 103 cm³/mol. The molecule has 6 heteroatoms. The highest BCUT2D eigenvalue weighted by Crippen LogP contribution is 2.21. The van der Waals surface area contributed by atoms with Crippen molar-refractivity contribution in [3.63, 3.8) is 0 Å². The zero-order valence-corrected chi connectivity index (χ0v) is 16.1. The van der Waals surface area contributed by atoms with Gasteiger partial charge in [-0.05, 0) is 11.1 Å². The van der Waals surface area contributed by atoms with Crippen molar-refractivity contribution >= 4 is 11.9 Å². The molecule has 2 rings (SSSR count). The summed E-state index contributed by atoms with van der Waals surface area (Å²) in [5.74, 6) is -1.93. The summed E-state index contributed by atoms with van der Waals surface area (Å²) in [6.45, 7) is 0.546. The van der Waals surface area contributed by atoms with Crippen LogP contribution in [0, 0.1) is 11.8 Å². The second kappa shape index (κ2) is 11.9. The fraction of sp³-hybridized carbons (Fsp3) is 0.318. The molecule has 149 valence electrons. The first-order valence-corrected chi connectivity index (χ1v) is 8.91. The first-order valence-electron chi connectivity index (χ1n) is 8.91. The molecule has 0 spiro atoms. The molecule has 28 heavy (non-hydrogen) atoms. The largest absolute Gasteiger partial charge is 0.469 e. The van der Waals surface area contributed by atoms with Crippen molar-refractivity contribution in [1.82, 2.24) is 0 Å². The standard InChI is InChI=1S/C22H25O6/c1-25-21(23)19(15-27-13-17-9-5-3-6-10-17)20(22(24)26-2)16-28-14-18-11-7-4-8-12-18/h3-12,19H,13-16H2,1-2H3/t19-/m0/s1. The van der Waals surface area contributed by atoms with Gasteiger partial charge < -0.3 is 18.9 Å². The van der Waals surface area contributed by atoms with Crippen molar-refractivity contribution in [2.75, 3.05) is 27.4 Å². The molecule has 1 atom stereocenters. The van der Waals surface area contributed by atoms with Gasteiger partial charge in [0.2, 0.25) is 0 Å². The molecule has 0 aliphatic heterocycles. The second-order valence-corrected chi connectivity index (χ2v) is 6.07. The number of benzene rings is 2. The Morgan fingerprint density at radius 3 is 1.82 bits per heavy atom. The van der Waals surface area contributed by atoms with Gasteiger partial charge in [0.05, 0.1) is 46.6 Å². The Morgan fingerprint density at radius 1 is 0.786 bits per heavy atom. The van der Waals surface area contributed by atoms with Gasteiger partial charge in [-0.2, -0.15) is 0 Å². The van der Waals surface area contributed by atoms with E-state index in [1.54, 1.807) is 0 Å². The van der Waals surface area contributed by atoms with E-state index >= 15 is 0 Å². The Bertz CT molecular complexity index is 653. The normalized spacial score (nSPS) is 11.8. The maximum atomic E-state index is 12.3. The van der Waals surface area contributed by atoms with Crippen LogP contribution in [0.2, 0.25) is 0 Å². The average Bonchev–Trinajstić information content (AvgIpc) is 2.75. The van der Waals surface area contributed by atoms with Gasteiger partial charge in [0, 0.05) is 0 Å². The average molecular weight is 385 g/mol. The number of carbonyl (C=O) groups excluding carboxylic acids is 2. The lowest BCUT2D eigenvalue weighted by Crippen LogP contribution is -2.36. The summed E-state index contributed by atoms with van der Waals surface area (Å²) in [4.78, 5) is 24.5. The SMILES string of the molecule is COC(=O)[C](COCc1ccccc1)[C@H](COCc1ccccc1)C(=O)OC. The van der Waals surface area contributed by atoms with Crippen LogP contribution >= 0.6 is 0 Å². The number of methoxy groups -OCH3 is 2. The van der Waals surface area contributed by atoms with E-state index in [1.807, 2.05) is 60.7 Å². The third-order valence-corrected chi connectivity index (χ3v) is 4.12.